The zero-order valence-electron chi connectivity index (χ0n) is 16.8. The molecule has 154 valence electrons. The molecule has 7 nitrogen and oxygen atoms in total. The van der Waals surface area contributed by atoms with Crippen LogP contribution in [-0.2, 0) is 9.59 Å². The zero-order valence-corrected chi connectivity index (χ0v) is 17.6. The van der Waals surface area contributed by atoms with E-state index in [0.29, 0.717) is 28.9 Å². The maximum absolute atomic E-state index is 13.0. The smallest absolute Gasteiger partial charge is 0.259 e. The fraction of sp³-hybridized carbons (Fsp3) is 0.273. The Morgan fingerprint density at radius 1 is 1.23 bits per heavy atom. The van der Waals surface area contributed by atoms with Gasteiger partial charge in [0.25, 0.3) is 5.91 Å². The number of benzene rings is 2. The lowest BCUT2D eigenvalue weighted by Gasteiger charge is -2.25. The summed E-state index contributed by atoms with van der Waals surface area (Å²) >= 11 is 1.23. The van der Waals surface area contributed by atoms with Crippen molar-refractivity contribution in [2.75, 3.05) is 18.2 Å². The van der Waals surface area contributed by atoms with Crippen molar-refractivity contribution in [1.82, 2.24) is 4.90 Å². The molecule has 0 radical (unpaired) electrons. The SMILES string of the molecule is CCC[C@@H]1N=C2c3ccccc3N=C(SCC(=O)Nc3cccc(OC)c3)N2C1=O. The highest BCUT2D eigenvalue weighted by Crippen LogP contribution is 2.34. The molecule has 4 rings (SSSR count). The molecule has 0 aliphatic carbocycles. The molecule has 0 saturated heterocycles. The molecule has 0 fully saturated rings. The highest BCUT2D eigenvalue weighted by atomic mass is 32.2. The Morgan fingerprint density at radius 3 is 2.87 bits per heavy atom. The van der Waals surface area contributed by atoms with Gasteiger partial charge < -0.3 is 10.1 Å². The molecule has 1 N–H and O–H groups in total. The highest BCUT2D eigenvalue weighted by molar-refractivity contribution is 8.14. The van der Waals surface area contributed by atoms with Gasteiger partial charge in [-0.25, -0.2) is 9.89 Å². The molecule has 2 aliphatic heterocycles. The predicted molar refractivity (Wildman–Crippen MR) is 120 cm³/mol. The van der Waals surface area contributed by atoms with Crippen molar-refractivity contribution in [1.29, 1.82) is 0 Å². The molecule has 0 aromatic heterocycles. The van der Waals surface area contributed by atoms with Crippen LogP contribution in [0.4, 0.5) is 11.4 Å². The summed E-state index contributed by atoms with van der Waals surface area (Å²) in [6, 6.07) is 14.4. The van der Waals surface area contributed by atoms with Crippen LogP contribution in [0, 0.1) is 0 Å². The standard InChI is InChI=1S/C22H22N4O3S/c1-3-7-18-21(28)26-20(24-18)16-10-4-5-11-17(16)25-22(26)30-13-19(27)23-14-8-6-9-15(12-14)29-2/h4-6,8-12,18H,3,7,13H2,1-2H3,(H,23,27)/t18-/m0/s1. The van der Waals surface area contributed by atoms with Gasteiger partial charge >= 0.3 is 0 Å². The number of para-hydroxylation sites is 1. The van der Waals surface area contributed by atoms with Crippen LogP contribution >= 0.6 is 11.8 Å². The highest BCUT2D eigenvalue weighted by Gasteiger charge is 2.40. The molecule has 1 atom stereocenters. The van der Waals surface area contributed by atoms with Crippen molar-refractivity contribution in [3.05, 3.63) is 54.1 Å². The molecule has 2 aromatic carbocycles. The van der Waals surface area contributed by atoms with Crippen LogP contribution in [0.2, 0.25) is 0 Å². The number of aliphatic imine (C=N–C) groups is 2. The van der Waals surface area contributed by atoms with Crippen molar-refractivity contribution in [2.24, 2.45) is 9.98 Å². The van der Waals surface area contributed by atoms with E-state index in [2.05, 4.69) is 15.3 Å². The minimum Gasteiger partial charge on any atom is -0.497 e. The summed E-state index contributed by atoms with van der Waals surface area (Å²) in [6.07, 6.45) is 1.56. The summed E-state index contributed by atoms with van der Waals surface area (Å²) in [5, 5.41) is 3.33. The average Bonchev–Trinajstić information content (AvgIpc) is 3.09. The van der Waals surface area contributed by atoms with E-state index in [1.807, 2.05) is 43.3 Å². The van der Waals surface area contributed by atoms with Gasteiger partial charge in [0, 0.05) is 17.3 Å². The number of thioether (sulfide) groups is 1. The lowest BCUT2D eigenvalue weighted by molar-refractivity contribution is -0.124. The first-order chi connectivity index (χ1) is 14.6. The Kier molecular flexibility index (Phi) is 5.85. The third-order valence-corrected chi connectivity index (χ3v) is 5.73. The van der Waals surface area contributed by atoms with E-state index in [1.54, 1.807) is 24.1 Å². The van der Waals surface area contributed by atoms with Crippen molar-refractivity contribution in [3.8, 4) is 5.75 Å². The van der Waals surface area contributed by atoms with Crippen LogP contribution in [0.3, 0.4) is 0 Å². The van der Waals surface area contributed by atoms with Crippen molar-refractivity contribution >= 4 is 46.0 Å². The molecule has 30 heavy (non-hydrogen) atoms. The maximum atomic E-state index is 13.0. The van der Waals surface area contributed by atoms with Crippen molar-refractivity contribution in [3.63, 3.8) is 0 Å². The first-order valence-corrected chi connectivity index (χ1v) is 10.8. The van der Waals surface area contributed by atoms with E-state index in [-0.39, 0.29) is 17.6 Å². The van der Waals surface area contributed by atoms with E-state index >= 15 is 0 Å². The number of amides is 2. The minimum absolute atomic E-state index is 0.0826. The Hall–Kier alpha value is -3.13. The number of carbonyl (C=O) groups excluding carboxylic acids is 2. The van der Waals surface area contributed by atoms with Crippen LogP contribution in [0.25, 0.3) is 0 Å². The largest absolute Gasteiger partial charge is 0.497 e. The molecular weight excluding hydrogens is 400 g/mol. The average molecular weight is 423 g/mol. The number of nitrogens with one attached hydrogen (secondary N) is 1. The predicted octanol–water partition coefficient (Wildman–Crippen LogP) is 3.83. The van der Waals surface area contributed by atoms with Crippen molar-refractivity contribution < 1.29 is 14.3 Å². The van der Waals surface area contributed by atoms with Crippen LogP contribution in [-0.4, -0.2) is 46.6 Å². The van der Waals surface area contributed by atoms with Gasteiger partial charge in [-0.05, 0) is 30.7 Å². The second-order valence-electron chi connectivity index (χ2n) is 6.91. The van der Waals surface area contributed by atoms with Gasteiger partial charge in [0.1, 0.15) is 17.6 Å². The molecule has 2 aliphatic rings. The lowest BCUT2D eigenvalue weighted by atomic mass is 10.1. The molecule has 2 aromatic rings. The molecule has 8 heteroatoms. The van der Waals surface area contributed by atoms with E-state index < -0.39 is 6.04 Å². The summed E-state index contributed by atoms with van der Waals surface area (Å²) < 4.78 is 5.18. The Bertz CT molecular complexity index is 1050. The number of hydrogen-bond donors (Lipinski definition) is 1. The third kappa shape index (κ3) is 3.95. The lowest BCUT2D eigenvalue weighted by Crippen LogP contribution is -2.41. The molecule has 2 heterocycles. The summed E-state index contributed by atoms with van der Waals surface area (Å²) in [5.74, 6) is 1.14. The topological polar surface area (TPSA) is 83.4 Å². The molecule has 0 spiro atoms. The third-order valence-electron chi connectivity index (χ3n) is 4.80. The number of fused-ring (bicyclic) bond motifs is 3. The Balaban J connectivity index is 1.52. The quantitative estimate of drug-likeness (QED) is 0.767. The monoisotopic (exact) mass is 422 g/mol. The van der Waals surface area contributed by atoms with Crippen LogP contribution in [0.1, 0.15) is 25.3 Å². The number of nitrogens with zero attached hydrogens (tertiary/aromatic N) is 3. The number of anilines is 1. The second-order valence-corrected chi connectivity index (χ2v) is 7.85. The Labute approximate surface area is 179 Å². The van der Waals surface area contributed by atoms with Gasteiger partial charge in [0.15, 0.2) is 5.17 Å². The molecule has 0 saturated carbocycles. The number of hydrogen-bond acceptors (Lipinski definition) is 6. The number of amidine groups is 2. The van der Waals surface area contributed by atoms with E-state index in [0.717, 1.165) is 17.7 Å². The van der Waals surface area contributed by atoms with Gasteiger partial charge in [-0.1, -0.05) is 43.3 Å². The van der Waals surface area contributed by atoms with Crippen LogP contribution in [0.5, 0.6) is 5.75 Å². The van der Waals surface area contributed by atoms with Crippen LogP contribution < -0.4 is 10.1 Å². The summed E-state index contributed by atoms with van der Waals surface area (Å²) in [7, 11) is 1.58. The molecule has 0 unspecified atom stereocenters. The normalized spacial score (nSPS) is 17.1. The van der Waals surface area contributed by atoms with E-state index in [9.17, 15) is 9.59 Å². The first kappa shape index (κ1) is 20.2. The van der Waals surface area contributed by atoms with Crippen molar-refractivity contribution in [2.45, 2.75) is 25.8 Å². The van der Waals surface area contributed by atoms with Gasteiger partial charge in [-0.2, -0.15) is 0 Å². The molecule has 2 amide bonds. The summed E-state index contributed by atoms with van der Waals surface area (Å²) in [4.78, 5) is 36.3. The molecular formula is C22H22N4O3S. The van der Waals surface area contributed by atoms with Gasteiger partial charge in [-0.3, -0.25) is 14.6 Å². The number of carbonyl (C=O) groups is 2. The van der Waals surface area contributed by atoms with E-state index in [1.165, 1.54) is 11.8 Å². The first-order valence-electron chi connectivity index (χ1n) is 9.77. The second kappa shape index (κ2) is 8.71. The maximum Gasteiger partial charge on any atom is 0.259 e. The van der Waals surface area contributed by atoms with Gasteiger partial charge in [0.05, 0.1) is 18.6 Å². The zero-order chi connectivity index (χ0) is 21.1. The fourth-order valence-electron chi connectivity index (χ4n) is 3.39. The van der Waals surface area contributed by atoms with Gasteiger partial charge in [0.2, 0.25) is 5.91 Å². The number of ether oxygens (including phenoxy) is 1. The fourth-order valence-corrected chi connectivity index (χ4v) is 4.19. The number of rotatable bonds is 6. The number of methoxy groups -OCH3 is 1. The van der Waals surface area contributed by atoms with E-state index in [4.69, 9.17) is 4.74 Å². The van der Waals surface area contributed by atoms with Crippen LogP contribution in [0.15, 0.2) is 58.5 Å². The summed E-state index contributed by atoms with van der Waals surface area (Å²) in [6.45, 7) is 2.03. The summed E-state index contributed by atoms with van der Waals surface area (Å²) in [5.41, 5.74) is 2.25. The Morgan fingerprint density at radius 2 is 2.07 bits per heavy atom. The molecule has 0 bridgehead atoms. The minimum atomic E-state index is -0.396. The van der Waals surface area contributed by atoms with Gasteiger partial charge in [-0.15, -0.1) is 0 Å².